The Kier molecular flexibility index (Phi) is 3.38. The molecule has 4 rings (SSSR count). The van der Waals surface area contributed by atoms with Crippen molar-refractivity contribution in [2.45, 2.75) is 31.5 Å². The zero-order chi connectivity index (χ0) is 15.9. The van der Waals surface area contributed by atoms with Gasteiger partial charge in [-0.2, -0.15) is 0 Å². The van der Waals surface area contributed by atoms with Crippen LogP contribution in [0.5, 0.6) is 11.5 Å². The molecule has 0 saturated heterocycles. The summed E-state index contributed by atoms with van der Waals surface area (Å²) in [6.07, 6.45) is 2.21. The highest BCUT2D eigenvalue weighted by Crippen LogP contribution is 2.44. The monoisotopic (exact) mass is 311 g/mol. The van der Waals surface area contributed by atoms with Crippen LogP contribution in [0.4, 0.5) is 5.82 Å². The van der Waals surface area contributed by atoms with E-state index in [4.69, 9.17) is 15.2 Å². The van der Waals surface area contributed by atoms with Crippen LogP contribution in [-0.2, 0) is 13.1 Å². The van der Waals surface area contributed by atoms with E-state index in [1.165, 1.54) is 5.56 Å². The van der Waals surface area contributed by atoms with E-state index in [0.29, 0.717) is 5.82 Å². The lowest BCUT2D eigenvalue weighted by atomic mass is 10.2. The third-order valence-electron chi connectivity index (χ3n) is 4.54. The minimum Gasteiger partial charge on any atom is -0.497 e. The maximum atomic E-state index is 6.24. The molecule has 5 heteroatoms. The molecule has 2 N–H and O–H groups in total. The summed E-state index contributed by atoms with van der Waals surface area (Å²) in [5.41, 5.74) is 8.01. The molecule has 0 radical (unpaired) electrons. The van der Waals surface area contributed by atoms with Crippen molar-refractivity contribution in [2.75, 3.05) is 19.4 Å². The van der Waals surface area contributed by atoms with Crippen LogP contribution in [-0.4, -0.2) is 29.1 Å². The number of ether oxygens (including phenoxy) is 2. The van der Waals surface area contributed by atoms with Crippen LogP contribution in [0.3, 0.4) is 0 Å². The molecular formula is C18H21N3O2. The Bertz CT molecular complexity index is 711. The summed E-state index contributed by atoms with van der Waals surface area (Å²) < 4.78 is 11.5. The van der Waals surface area contributed by atoms with Crippen molar-refractivity contribution in [3.8, 4) is 11.5 Å². The Morgan fingerprint density at radius 3 is 2.70 bits per heavy atom. The average Bonchev–Trinajstić information content (AvgIpc) is 3.32. The molecule has 2 aliphatic rings. The Balaban J connectivity index is 1.58. The van der Waals surface area contributed by atoms with Crippen molar-refractivity contribution in [3.05, 3.63) is 47.7 Å². The number of nitrogens with two attached hydrogens (primary N) is 1. The normalized spacial score (nSPS) is 18.8. The minimum absolute atomic E-state index is 0.0322. The lowest BCUT2D eigenvalue weighted by Crippen LogP contribution is -2.34. The number of hydrogen-bond acceptors (Lipinski definition) is 5. The summed E-state index contributed by atoms with van der Waals surface area (Å²) >= 11 is 0. The summed E-state index contributed by atoms with van der Waals surface area (Å²) in [7, 11) is 1.69. The van der Waals surface area contributed by atoms with E-state index in [2.05, 4.69) is 22.0 Å². The van der Waals surface area contributed by atoms with Crippen molar-refractivity contribution in [2.24, 2.45) is 0 Å². The molecule has 0 bridgehead atoms. The molecule has 1 aromatic carbocycles. The molecule has 0 unspecified atom stereocenters. The Hall–Kier alpha value is -2.27. The van der Waals surface area contributed by atoms with Gasteiger partial charge in [-0.05, 0) is 42.7 Å². The van der Waals surface area contributed by atoms with Gasteiger partial charge in [-0.3, -0.25) is 4.90 Å². The van der Waals surface area contributed by atoms with Crippen LogP contribution in [0.1, 0.15) is 24.1 Å². The Labute approximate surface area is 136 Å². The van der Waals surface area contributed by atoms with E-state index >= 15 is 0 Å². The van der Waals surface area contributed by atoms with Crippen molar-refractivity contribution in [1.29, 1.82) is 0 Å². The first-order chi connectivity index (χ1) is 11.2. The SMILES string of the molecule is COc1ccc(CN2Cc3nc(N)ccc3OC3(CC3)C2)cc1. The number of nitrogens with zero attached hydrogens (tertiary/aromatic N) is 2. The molecule has 120 valence electrons. The average molecular weight is 311 g/mol. The first-order valence-corrected chi connectivity index (χ1v) is 7.96. The number of anilines is 1. The van der Waals surface area contributed by atoms with Gasteiger partial charge in [0.05, 0.1) is 12.8 Å². The third kappa shape index (κ3) is 2.97. The van der Waals surface area contributed by atoms with E-state index in [1.807, 2.05) is 24.3 Å². The van der Waals surface area contributed by atoms with Crippen LogP contribution in [0, 0.1) is 0 Å². The second-order valence-corrected chi connectivity index (χ2v) is 6.46. The number of benzene rings is 1. The van der Waals surface area contributed by atoms with Gasteiger partial charge >= 0.3 is 0 Å². The molecular weight excluding hydrogens is 290 g/mol. The molecule has 23 heavy (non-hydrogen) atoms. The highest BCUT2D eigenvalue weighted by Gasteiger charge is 2.48. The predicted octanol–water partition coefficient (Wildman–Crippen LogP) is 2.60. The summed E-state index contributed by atoms with van der Waals surface area (Å²) in [5.74, 6) is 2.31. The largest absolute Gasteiger partial charge is 0.497 e. The first kappa shape index (κ1) is 14.3. The summed E-state index contributed by atoms with van der Waals surface area (Å²) in [6.45, 7) is 2.55. The summed E-state index contributed by atoms with van der Waals surface area (Å²) in [5, 5.41) is 0. The molecule has 1 aromatic heterocycles. The highest BCUT2D eigenvalue weighted by atomic mass is 16.5. The zero-order valence-corrected chi connectivity index (χ0v) is 13.3. The molecule has 0 atom stereocenters. The van der Waals surface area contributed by atoms with Gasteiger partial charge in [0, 0.05) is 19.6 Å². The van der Waals surface area contributed by atoms with Crippen LogP contribution < -0.4 is 15.2 Å². The van der Waals surface area contributed by atoms with Crippen LogP contribution >= 0.6 is 0 Å². The van der Waals surface area contributed by atoms with Gasteiger partial charge in [-0.15, -0.1) is 0 Å². The third-order valence-corrected chi connectivity index (χ3v) is 4.54. The van der Waals surface area contributed by atoms with Gasteiger partial charge < -0.3 is 15.2 Å². The maximum Gasteiger partial charge on any atom is 0.143 e. The lowest BCUT2D eigenvalue weighted by Gasteiger charge is -2.23. The van der Waals surface area contributed by atoms with Crippen molar-refractivity contribution < 1.29 is 9.47 Å². The first-order valence-electron chi connectivity index (χ1n) is 7.96. The molecule has 2 aromatic rings. The van der Waals surface area contributed by atoms with Gasteiger partial charge in [-0.1, -0.05) is 12.1 Å². The second-order valence-electron chi connectivity index (χ2n) is 6.46. The molecule has 5 nitrogen and oxygen atoms in total. The number of nitrogen functional groups attached to an aromatic ring is 1. The van der Waals surface area contributed by atoms with Crippen molar-refractivity contribution >= 4 is 5.82 Å². The quantitative estimate of drug-likeness (QED) is 0.944. The molecule has 1 spiro atoms. The molecule has 0 amide bonds. The molecule has 1 aliphatic heterocycles. The highest BCUT2D eigenvalue weighted by molar-refractivity contribution is 5.39. The van der Waals surface area contributed by atoms with E-state index in [1.54, 1.807) is 7.11 Å². The van der Waals surface area contributed by atoms with Crippen LogP contribution in [0.25, 0.3) is 0 Å². The fourth-order valence-electron chi connectivity index (χ4n) is 3.15. The Morgan fingerprint density at radius 2 is 2.00 bits per heavy atom. The lowest BCUT2D eigenvalue weighted by molar-refractivity contribution is 0.123. The molecule has 1 fully saturated rings. The number of rotatable bonds is 3. The summed E-state index contributed by atoms with van der Waals surface area (Å²) in [6, 6.07) is 12.0. The van der Waals surface area contributed by atoms with Gasteiger partial charge in [0.25, 0.3) is 0 Å². The van der Waals surface area contributed by atoms with Crippen LogP contribution in [0.2, 0.25) is 0 Å². The van der Waals surface area contributed by atoms with Crippen molar-refractivity contribution in [3.63, 3.8) is 0 Å². The number of fused-ring (bicyclic) bond motifs is 1. The summed E-state index contributed by atoms with van der Waals surface area (Å²) in [4.78, 5) is 6.87. The van der Waals surface area contributed by atoms with E-state index in [9.17, 15) is 0 Å². The number of hydrogen-bond donors (Lipinski definition) is 1. The van der Waals surface area contributed by atoms with Gasteiger partial charge in [0.2, 0.25) is 0 Å². The number of methoxy groups -OCH3 is 1. The standard InChI is InChI=1S/C18H21N3O2/c1-22-14-4-2-13(3-5-14)10-21-11-15-16(6-7-17(19)20-15)23-18(12-21)8-9-18/h2-7H,8-12H2,1H3,(H2,19,20). The Morgan fingerprint density at radius 1 is 1.22 bits per heavy atom. The number of aromatic nitrogens is 1. The van der Waals surface area contributed by atoms with Gasteiger partial charge in [-0.25, -0.2) is 4.98 Å². The molecule has 1 aliphatic carbocycles. The topological polar surface area (TPSA) is 60.6 Å². The zero-order valence-electron chi connectivity index (χ0n) is 13.3. The van der Waals surface area contributed by atoms with Crippen molar-refractivity contribution in [1.82, 2.24) is 9.88 Å². The van der Waals surface area contributed by atoms with E-state index in [-0.39, 0.29) is 5.60 Å². The molecule has 2 heterocycles. The smallest absolute Gasteiger partial charge is 0.143 e. The predicted molar refractivity (Wildman–Crippen MR) is 88.4 cm³/mol. The maximum absolute atomic E-state index is 6.24. The van der Waals surface area contributed by atoms with Crippen LogP contribution in [0.15, 0.2) is 36.4 Å². The minimum atomic E-state index is -0.0322. The van der Waals surface area contributed by atoms with E-state index in [0.717, 1.165) is 49.7 Å². The van der Waals surface area contributed by atoms with Gasteiger partial charge in [0.15, 0.2) is 0 Å². The van der Waals surface area contributed by atoms with E-state index < -0.39 is 0 Å². The number of pyridine rings is 1. The fraction of sp³-hybridized carbons (Fsp3) is 0.389. The fourth-order valence-corrected chi connectivity index (χ4v) is 3.15. The van der Waals surface area contributed by atoms with Gasteiger partial charge in [0.1, 0.15) is 22.9 Å². The molecule has 1 saturated carbocycles. The second kappa shape index (κ2) is 5.42.